The molecule has 0 fully saturated rings. The Bertz CT molecular complexity index is 666. The summed E-state index contributed by atoms with van der Waals surface area (Å²) in [5, 5.41) is 5.35. The van der Waals surface area contributed by atoms with Crippen LogP contribution in [0.25, 0.3) is 6.08 Å². The van der Waals surface area contributed by atoms with Gasteiger partial charge in [-0.25, -0.2) is 9.18 Å². The van der Waals surface area contributed by atoms with Gasteiger partial charge in [-0.1, -0.05) is 18.2 Å². The summed E-state index contributed by atoms with van der Waals surface area (Å²) in [6.45, 7) is 0. The van der Waals surface area contributed by atoms with Crippen molar-refractivity contribution in [3.05, 3.63) is 66.1 Å². The third-order valence-electron chi connectivity index (χ3n) is 2.98. The van der Waals surface area contributed by atoms with Crippen molar-refractivity contribution in [2.75, 3.05) is 24.3 Å². The molecule has 2 aromatic rings. The summed E-state index contributed by atoms with van der Waals surface area (Å²) in [5.74, 6) is -0.288. The van der Waals surface area contributed by atoms with E-state index in [1.54, 1.807) is 18.2 Å². The fraction of sp³-hybridized carbons (Fsp3) is 0.118. The van der Waals surface area contributed by atoms with E-state index in [0.29, 0.717) is 5.69 Å². The molecule has 0 spiro atoms. The monoisotopic (exact) mass is 299 g/mol. The van der Waals surface area contributed by atoms with Gasteiger partial charge in [-0.15, -0.1) is 0 Å². The van der Waals surface area contributed by atoms with Crippen molar-refractivity contribution in [3.63, 3.8) is 0 Å². The number of nitrogens with one attached hydrogen (secondary N) is 2. The molecule has 0 unspecified atom stereocenters. The summed E-state index contributed by atoms with van der Waals surface area (Å²) in [4.78, 5) is 13.7. The Morgan fingerprint density at radius 2 is 1.86 bits per heavy atom. The number of rotatable bonds is 4. The van der Waals surface area contributed by atoms with Crippen molar-refractivity contribution in [3.8, 4) is 0 Å². The van der Waals surface area contributed by atoms with Gasteiger partial charge in [0.15, 0.2) is 0 Å². The second kappa shape index (κ2) is 7.26. The predicted molar refractivity (Wildman–Crippen MR) is 88.4 cm³/mol. The quantitative estimate of drug-likeness (QED) is 0.904. The second-order valence-corrected chi connectivity index (χ2v) is 4.93. The van der Waals surface area contributed by atoms with E-state index < -0.39 is 0 Å². The van der Waals surface area contributed by atoms with E-state index >= 15 is 0 Å². The lowest BCUT2D eigenvalue weighted by molar-refractivity contribution is 0.255. The largest absolute Gasteiger partial charge is 0.378 e. The Kier molecular flexibility index (Phi) is 5.14. The van der Waals surface area contributed by atoms with Crippen LogP contribution in [-0.4, -0.2) is 20.1 Å². The first kappa shape index (κ1) is 15.6. The molecule has 22 heavy (non-hydrogen) atoms. The number of nitrogens with zero attached hydrogens (tertiary/aromatic N) is 1. The molecule has 2 aromatic carbocycles. The first-order valence-electron chi connectivity index (χ1n) is 6.81. The summed E-state index contributed by atoms with van der Waals surface area (Å²) < 4.78 is 12.8. The predicted octanol–water partition coefficient (Wildman–Crippen LogP) is 3.68. The molecule has 0 atom stereocenters. The second-order valence-electron chi connectivity index (χ2n) is 4.93. The molecular formula is C17H18FN3O. The summed E-state index contributed by atoms with van der Waals surface area (Å²) >= 11 is 0. The third kappa shape index (κ3) is 4.63. The maximum absolute atomic E-state index is 12.8. The standard InChI is InChI=1S/C17H18FN3O/c1-21(2)16-5-3-4-15(12-16)20-17(22)19-11-10-13-6-8-14(18)9-7-13/h3-12H,1-2H3,(H2,19,20,22)/b11-10+. The van der Waals surface area contributed by atoms with Crippen molar-refractivity contribution in [2.24, 2.45) is 0 Å². The lowest BCUT2D eigenvalue weighted by Crippen LogP contribution is -2.23. The number of benzene rings is 2. The number of hydrogen-bond donors (Lipinski definition) is 2. The summed E-state index contributed by atoms with van der Waals surface area (Å²) in [5.41, 5.74) is 2.51. The molecule has 0 radical (unpaired) electrons. The molecule has 0 bridgehead atoms. The van der Waals surface area contributed by atoms with E-state index in [1.165, 1.54) is 18.3 Å². The molecule has 0 aliphatic rings. The normalized spacial score (nSPS) is 10.5. The van der Waals surface area contributed by atoms with E-state index in [1.807, 2.05) is 43.3 Å². The SMILES string of the molecule is CN(C)c1cccc(NC(=O)N/C=C/c2ccc(F)cc2)c1. The highest BCUT2D eigenvalue weighted by Gasteiger charge is 2.01. The third-order valence-corrected chi connectivity index (χ3v) is 2.98. The fourth-order valence-electron chi connectivity index (χ4n) is 1.82. The smallest absolute Gasteiger partial charge is 0.323 e. The molecule has 114 valence electrons. The molecule has 0 heterocycles. The number of halogens is 1. The first-order valence-corrected chi connectivity index (χ1v) is 6.81. The molecule has 5 heteroatoms. The van der Waals surface area contributed by atoms with Crippen molar-refractivity contribution >= 4 is 23.5 Å². The van der Waals surface area contributed by atoms with Crippen LogP contribution < -0.4 is 15.5 Å². The van der Waals surface area contributed by atoms with Crippen LogP contribution in [0, 0.1) is 5.82 Å². The van der Waals surface area contributed by atoms with Crippen LogP contribution in [0.15, 0.2) is 54.7 Å². The van der Waals surface area contributed by atoms with Crippen molar-refractivity contribution in [2.45, 2.75) is 0 Å². The zero-order valence-electron chi connectivity index (χ0n) is 12.5. The highest BCUT2D eigenvalue weighted by Crippen LogP contribution is 2.17. The van der Waals surface area contributed by atoms with E-state index in [-0.39, 0.29) is 11.8 Å². The van der Waals surface area contributed by atoms with Gasteiger partial charge in [-0.3, -0.25) is 0 Å². The molecule has 2 rings (SSSR count). The lowest BCUT2D eigenvalue weighted by Gasteiger charge is -2.13. The zero-order valence-corrected chi connectivity index (χ0v) is 12.5. The minimum atomic E-state index is -0.339. The molecular weight excluding hydrogens is 281 g/mol. The van der Waals surface area contributed by atoms with Gasteiger partial charge in [0.05, 0.1) is 0 Å². The fourth-order valence-corrected chi connectivity index (χ4v) is 1.82. The molecule has 0 aromatic heterocycles. The number of hydrogen-bond acceptors (Lipinski definition) is 2. The summed E-state index contributed by atoms with van der Waals surface area (Å²) in [6, 6.07) is 13.2. The molecule has 0 aliphatic carbocycles. The Labute approximate surface area is 129 Å². The van der Waals surface area contributed by atoms with Gasteiger partial charge in [-0.2, -0.15) is 0 Å². The minimum absolute atomic E-state index is 0.288. The van der Waals surface area contributed by atoms with Crippen molar-refractivity contribution in [1.29, 1.82) is 0 Å². The van der Waals surface area contributed by atoms with E-state index in [9.17, 15) is 9.18 Å². The van der Waals surface area contributed by atoms with Gasteiger partial charge in [-0.05, 0) is 42.0 Å². The Hall–Kier alpha value is -2.82. The van der Waals surface area contributed by atoms with Crippen LogP contribution in [0.5, 0.6) is 0 Å². The maximum Gasteiger partial charge on any atom is 0.323 e. The van der Waals surface area contributed by atoms with E-state index in [4.69, 9.17) is 0 Å². The number of carbonyl (C=O) groups excluding carboxylic acids is 1. The Balaban J connectivity index is 1.90. The van der Waals surface area contributed by atoms with Crippen LogP contribution >= 0.6 is 0 Å². The van der Waals surface area contributed by atoms with E-state index in [2.05, 4.69) is 10.6 Å². The Morgan fingerprint density at radius 1 is 1.14 bits per heavy atom. The van der Waals surface area contributed by atoms with Crippen LogP contribution in [0.2, 0.25) is 0 Å². The summed E-state index contributed by atoms with van der Waals surface area (Å²) in [7, 11) is 3.87. The number of urea groups is 1. The molecule has 4 nitrogen and oxygen atoms in total. The zero-order chi connectivity index (χ0) is 15.9. The van der Waals surface area contributed by atoms with Gasteiger partial charge in [0.1, 0.15) is 5.82 Å². The minimum Gasteiger partial charge on any atom is -0.378 e. The Morgan fingerprint density at radius 3 is 2.55 bits per heavy atom. The van der Waals surface area contributed by atoms with Gasteiger partial charge in [0, 0.05) is 31.7 Å². The molecule has 0 saturated carbocycles. The van der Waals surface area contributed by atoms with Crippen LogP contribution in [0.3, 0.4) is 0 Å². The van der Waals surface area contributed by atoms with Crippen molar-refractivity contribution in [1.82, 2.24) is 5.32 Å². The average molecular weight is 299 g/mol. The summed E-state index contributed by atoms with van der Waals surface area (Å²) in [6.07, 6.45) is 3.20. The van der Waals surface area contributed by atoms with Gasteiger partial charge in [0.25, 0.3) is 0 Å². The molecule has 2 amide bonds. The van der Waals surface area contributed by atoms with Crippen LogP contribution in [0.1, 0.15) is 5.56 Å². The van der Waals surface area contributed by atoms with Crippen molar-refractivity contribution < 1.29 is 9.18 Å². The van der Waals surface area contributed by atoms with E-state index in [0.717, 1.165) is 11.3 Å². The first-order chi connectivity index (χ1) is 10.5. The lowest BCUT2D eigenvalue weighted by atomic mass is 10.2. The number of anilines is 2. The highest BCUT2D eigenvalue weighted by atomic mass is 19.1. The van der Waals surface area contributed by atoms with Crippen LogP contribution in [0.4, 0.5) is 20.6 Å². The number of carbonyl (C=O) groups is 1. The van der Waals surface area contributed by atoms with Gasteiger partial charge < -0.3 is 15.5 Å². The highest BCUT2D eigenvalue weighted by molar-refractivity contribution is 5.90. The van der Waals surface area contributed by atoms with Crippen LogP contribution in [-0.2, 0) is 0 Å². The molecule has 0 aliphatic heterocycles. The topological polar surface area (TPSA) is 44.4 Å². The van der Waals surface area contributed by atoms with Gasteiger partial charge >= 0.3 is 6.03 Å². The van der Waals surface area contributed by atoms with Gasteiger partial charge in [0.2, 0.25) is 0 Å². The average Bonchev–Trinajstić information content (AvgIpc) is 2.49. The molecule has 0 saturated heterocycles. The molecule has 2 N–H and O–H groups in total. The number of amides is 2. The maximum atomic E-state index is 12.8.